The number of thiazole rings is 2. The third kappa shape index (κ3) is 8.61. The molecule has 4 rings (SSSR count). The van der Waals surface area contributed by atoms with E-state index in [4.69, 9.17) is 27.9 Å². The normalized spacial score (nSPS) is 16.9. The Labute approximate surface area is 300 Å². The number of oxime groups is 1. The molecule has 1 saturated heterocycles. The highest BCUT2D eigenvalue weighted by Gasteiger charge is 2.54. The topological polar surface area (TPSA) is 339 Å². The predicted molar refractivity (Wildman–Crippen MR) is 178 cm³/mol. The van der Waals surface area contributed by atoms with E-state index in [1.807, 2.05) is 0 Å². The van der Waals surface area contributed by atoms with Gasteiger partial charge in [0.2, 0.25) is 5.60 Å². The third-order valence-corrected chi connectivity index (χ3v) is 10.1. The molecular weight excluding hydrogens is 762 g/mol. The zero-order valence-corrected chi connectivity index (χ0v) is 29.3. The number of phenolic OH excluding ortho intramolecular Hbond substituents is 2. The summed E-state index contributed by atoms with van der Waals surface area (Å²) in [7, 11) is -5.16. The summed E-state index contributed by atoms with van der Waals surface area (Å²) in [4.78, 5) is 75.9. The van der Waals surface area contributed by atoms with Gasteiger partial charge in [-0.2, -0.15) is 8.42 Å². The second-order valence-electron chi connectivity index (χ2n) is 10.9. The number of amides is 4. The molecule has 3 atom stereocenters. The van der Waals surface area contributed by atoms with Crippen molar-refractivity contribution in [2.75, 3.05) is 18.8 Å². The number of hydrogen-bond donors (Lipinski definition) is 9. The lowest BCUT2D eigenvalue weighted by Crippen LogP contribution is -2.74. The molecule has 0 spiro atoms. The Morgan fingerprint density at radius 3 is 2.49 bits per heavy atom. The number of hydrogen-bond acceptors (Lipinski definition) is 17. The van der Waals surface area contributed by atoms with Crippen molar-refractivity contribution in [1.82, 2.24) is 30.2 Å². The van der Waals surface area contributed by atoms with Crippen molar-refractivity contribution in [3.05, 3.63) is 49.9 Å². The van der Waals surface area contributed by atoms with Gasteiger partial charge in [0, 0.05) is 18.5 Å². The van der Waals surface area contributed by atoms with Crippen LogP contribution >= 0.6 is 34.3 Å². The minimum absolute atomic E-state index is 0.00192. The van der Waals surface area contributed by atoms with Crippen LogP contribution in [0, 0.1) is 0 Å². The van der Waals surface area contributed by atoms with Crippen LogP contribution in [0.3, 0.4) is 0 Å². The summed E-state index contributed by atoms with van der Waals surface area (Å²) >= 11 is 7.61. The molecule has 0 aliphatic carbocycles. The van der Waals surface area contributed by atoms with E-state index in [0.717, 1.165) is 48.8 Å². The monoisotopic (exact) mass is 789 g/mol. The smallest absolute Gasteiger partial charge is 0.362 e. The zero-order chi connectivity index (χ0) is 38.0. The molecule has 274 valence electrons. The molecule has 0 saturated carbocycles. The van der Waals surface area contributed by atoms with E-state index in [-0.39, 0.29) is 42.1 Å². The number of halogens is 1. The summed E-state index contributed by atoms with van der Waals surface area (Å²) in [6, 6.07) is -1.88. The van der Waals surface area contributed by atoms with Crippen LogP contribution in [0.25, 0.3) is 0 Å². The van der Waals surface area contributed by atoms with Crippen LogP contribution in [0.4, 0.5) is 5.13 Å². The van der Waals surface area contributed by atoms with Crippen LogP contribution < -0.4 is 27.4 Å². The lowest BCUT2D eigenvalue weighted by Gasteiger charge is -2.44. The van der Waals surface area contributed by atoms with Crippen LogP contribution in [0.15, 0.2) is 28.9 Å². The van der Waals surface area contributed by atoms with E-state index < -0.39 is 87.4 Å². The quantitative estimate of drug-likeness (QED) is 0.0317. The first-order valence-electron chi connectivity index (χ1n) is 14.0. The largest absolute Gasteiger partial charge is 0.504 e. The number of carbonyl (C=O) groups is 5. The van der Waals surface area contributed by atoms with Gasteiger partial charge in [-0.05, 0) is 26.0 Å². The number of nitrogen functional groups attached to an aromatic ring is 1. The van der Waals surface area contributed by atoms with Crippen LogP contribution in [0.1, 0.15) is 50.6 Å². The van der Waals surface area contributed by atoms with E-state index in [2.05, 4.69) is 31.1 Å². The summed E-state index contributed by atoms with van der Waals surface area (Å²) in [6.07, 6.45) is 1.14. The number of nitrogens with one attached hydrogen (secondary N) is 3. The van der Waals surface area contributed by atoms with Crippen molar-refractivity contribution in [1.29, 1.82) is 0 Å². The Bertz CT molecular complexity index is 2030. The van der Waals surface area contributed by atoms with Gasteiger partial charge < -0.3 is 47.6 Å². The molecule has 0 radical (unpaired) electrons. The van der Waals surface area contributed by atoms with Crippen LogP contribution in [0.5, 0.6) is 11.5 Å². The van der Waals surface area contributed by atoms with E-state index in [1.165, 1.54) is 11.4 Å². The third-order valence-electron chi connectivity index (χ3n) is 6.92. The van der Waals surface area contributed by atoms with Crippen molar-refractivity contribution in [3.63, 3.8) is 0 Å². The van der Waals surface area contributed by atoms with Gasteiger partial charge in [-0.3, -0.25) is 23.7 Å². The fraction of sp³-hybridized carbons (Fsp3) is 0.308. The van der Waals surface area contributed by atoms with Crippen LogP contribution in [0.2, 0.25) is 5.02 Å². The lowest BCUT2D eigenvalue weighted by molar-refractivity contribution is -0.161. The Morgan fingerprint density at radius 1 is 1.20 bits per heavy atom. The number of carboxylic acids is 1. The molecule has 21 nitrogen and oxygen atoms in total. The van der Waals surface area contributed by atoms with E-state index in [0.29, 0.717) is 0 Å². The highest BCUT2D eigenvalue weighted by Crippen LogP contribution is 2.35. The SMILES string of the molecule is CC(C)(O/N=C(\C(=O)N[C@@H]1C(=O)N(S(=O)(=O)O)[C@@H]1CNC(=O)c1cnc([C@H](N)CNC(=O)c2ccc(O)c(O)c2Cl)s1)c1csc(N)n1)C(=O)O. The molecule has 3 aromatic rings. The molecule has 4 amide bonds. The molecule has 1 aliphatic rings. The lowest BCUT2D eigenvalue weighted by atomic mass is 9.98. The maximum absolute atomic E-state index is 13.2. The average molecular weight is 790 g/mol. The van der Waals surface area contributed by atoms with Gasteiger partial charge in [-0.1, -0.05) is 16.8 Å². The molecule has 3 heterocycles. The molecule has 2 aromatic heterocycles. The number of β-lactam (4-membered cyclic amide) rings is 1. The average Bonchev–Trinajstić information content (AvgIpc) is 3.72. The van der Waals surface area contributed by atoms with Crippen molar-refractivity contribution < 1.29 is 57.1 Å². The zero-order valence-electron chi connectivity index (χ0n) is 26.1. The molecule has 0 unspecified atom stereocenters. The number of nitrogens with two attached hydrogens (primary N) is 2. The van der Waals surface area contributed by atoms with Crippen LogP contribution in [-0.4, -0.2) is 109 Å². The second-order valence-corrected chi connectivity index (χ2v) is 14.6. The van der Waals surface area contributed by atoms with Gasteiger partial charge in [-0.25, -0.2) is 19.1 Å². The summed E-state index contributed by atoms with van der Waals surface area (Å²) < 4.78 is 33.6. The van der Waals surface area contributed by atoms with Gasteiger partial charge in [0.05, 0.1) is 28.9 Å². The van der Waals surface area contributed by atoms with Crippen LogP contribution in [-0.2, 0) is 29.5 Å². The molecule has 0 bridgehead atoms. The van der Waals surface area contributed by atoms with Gasteiger partial charge in [0.1, 0.15) is 21.6 Å². The number of carboxylic acid groups (broad SMARTS) is 1. The molecular formula is C26H28ClN9O12S3. The Balaban J connectivity index is 1.43. The minimum atomic E-state index is -5.16. The summed E-state index contributed by atoms with van der Waals surface area (Å²) in [6.45, 7) is 1.46. The number of anilines is 1. The van der Waals surface area contributed by atoms with Crippen molar-refractivity contribution in [2.45, 2.75) is 37.6 Å². The Morgan fingerprint density at radius 2 is 1.88 bits per heavy atom. The fourth-order valence-electron chi connectivity index (χ4n) is 4.13. The first-order chi connectivity index (χ1) is 23.7. The van der Waals surface area contributed by atoms with E-state index in [1.54, 1.807) is 0 Å². The number of aliphatic carboxylic acids is 1. The summed E-state index contributed by atoms with van der Waals surface area (Å²) in [5.74, 6) is -6.62. The highest BCUT2D eigenvalue weighted by atomic mass is 35.5. The summed E-state index contributed by atoms with van der Waals surface area (Å²) in [5, 5.41) is 40.3. The number of nitrogens with zero attached hydrogens (tertiary/aromatic N) is 4. The van der Waals surface area contributed by atoms with E-state index >= 15 is 0 Å². The highest BCUT2D eigenvalue weighted by molar-refractivity contribution is 7.84. The number of phenols is 2. The van der Waals surface area contributed by atoms with E-state index in [9.17, 15) is 52.3 Å². The molecule has 51 heavy (non-hydrogen) atoms. The molecule has 1 fully saturated rings. The number of carbonyl (C=O) groups excluding carboxylic acids is 4. The Hall–Kier alpha value is -5.14. The number of aromatic hydroxyl groups is 2. The maximum atomic E-state index is 13.2. The Kier molecular flexibility index (Phi) is 11.4. The molecule has 1 aliphatic heterocycles. The van der Waals surface area contributed by atoms with Crippen molar-refractivity contribution >= 4 is 85.0 Å². The van der Waals surface area contributed by atoms with Gasteiger partial charge in [0.25, 0.3) is 23.6 Å². The first kappa shape index (κ1) is 38.7. The number of aromatic nitrogens is 2. The van der Waals surface area contributed by atoms with Gasteiger partial charge >= 0.3 is 16.3 Å². The van der Waals surface area contributed by atoms with Crippen molar-refractivity contribution in [3.8, 4) is 11.5 Å². The molecule has 11 N–H and O–H groups in total. The fourth-order valence-corrected chi connectivity index (χ4v) is 6.64. The van der Waals surface area contributed by atoms with Crippen molar-refractivity contribution in [2.24, 2.45) is 10.9 Å². The predicted octanol–water partition coefficient (Wildman–Crippen LogP) is -0.811. The first-order valence-corrected chi connectivity index (χ1v) is 17.5. The maximum Gasteiger partial charge on any atom is 0.362 e. The van der Waals surface area contributed by atoms with Gasteiger partial charge in [-0.15, -0.1) is 22.7 Å². The number of benzene rings is 1. The molecule has 1 aromatic carbocycles. The molecule has 25 heteroatoms. The second kappa shape index (κ2) is 15.0. The van der Waals surface area contributed by atoms with Gasteiger partial charge in [0.15, 0.2) is 22.3 Å². The summed E-state index contributed by atoms with van der Waals surface area (Å²) in [5.41, 5.74) is 8.90. The number of rotatable bonds is 14. The minimum Gasteiger partial charge on any atom is -0.504 e. The standard InChI is InChI=1S/C26H28ClN9O12S3/c1-26(2,24(43)44)48-35-16(11-8-49-25(29)33-11)21(41)34-17-12(36(23(17)42)51(45,46)47)6-31-20(40)14-7-32-22(50-14)10(28)5-30-19(39)9-3-4-13(37)18(38)15(9)27/h3-4,7-8,10,12,17,37-38H,5-6,28H2,1-2H3,(H2,29,33)(H,30,39)(H,31,40)(H,34,41)(H,43,44)(H,45,46,47)/b35-16-/t10-,12-,17+/m1/s1.